The van der Waals surface area contributed by atoms with Crippen molar-refractivity contribution in [3.63, 3.8) is 0 Å². The van der Waals surface area contributed by atoms with Gasteiger partial charge in [-0.3, -0.25) is 14.5 Å². The number of nitrogens with zero attached hydrogens (tertiary/aromatic N) is 1. The third-order valence-corrected chi connectivity index (χ3v) is 4.54. The highest BCUT2D eigenvalue weighted by molar-refractivity contribution is 5.94. The Balaban J connectivity index is 1.43. The number of hydrogen-bond donors (Lipinski definition) is 1. The molecule has 25 heavy (non-hydrogen) atoms. The Morgan fingerprint density at radius 3 is 2.56 bits per heavy atom. The lowest BCUT2D eigenvalue weighted by molar-refractivity contribution is -0.122. The van der Waals surface area contributed by atoms with Crippen LogP contribution in [0.4, 0.5) is 0 Å². The van der Waals surface area contributed by atoms with Crippen molar-refractivity contribution in [3.05, 3.63) is 29.8 Å². The lowest BCUT2D eigenvalue weighted by Crippen LogP contribution is -2.46. The number of hydrogen-bond acceptors (Lipinski definition) is 5. The Hall–Kier alpha value is -1.92. The van der Waals surface area contributed by atoms with E-state index in [1.807, 2.05) is 6.92 Å². The van der Waals surface area contributed by atoms with Crippen molar-refractivity contribution in [2.45, 2.75) is 25.8 Å². The minimum atomic E-state index is -0.0960. The lowest BCUT2D eigenvalue weighted by atomic mass is 10.2. The first-order valence-corrected chi connectivity index (χ1v) is 8.98. The molecule has 2 fully saturated rings. The number of rotatable bonds is 8. The molecule has 6 nitrogen and oxygen atoms in total. The molecule has 1 aliphatic carbocycles. The highest BCUT2D eigenvalue weighted by Gasteiger charge is 2.29. The normalized spacial score (nSPS) is 19.2. The average molecular weight is 346 g/mol. The molecule has 1 aromatic carbocycles. The van der Waals surface area contributed by atoms with Gasteiger partial charge < -0.3 is 14.8 Å². The third kappa shape index (κ3) is 5.54. The number of ketones is 1. The van der Waals surface area contributed by atoms with E-state index < -0.39 is 0 Å². The number of ether oxygens (including phenoxy) is 2. The van der Waals surface area contributed by atoms with E-state index in [1.165, 1.54) is 0 Å². The SMILES string of the molecule is CC(CN1CCOCC1)NC(=O)c1ccc(OCC(=O)C2CC2)cc1. The molecule has 6 heteroatoms. The molecule has 1 atom stereocenters. The number of nitrogens with one attached hydrogen (secondary N) is 1. The highest BCUT2D eigenvalue weighted by Crippen LogP contribution is 2.29. The van der Waals surface area contributed by atoms with Gasteiger partial charge in [0.05, 0.1) is 13.2 Å². The highest BCUT2D eigenvalue weighted by atomic mass is 16.5. The molecule has 2 aliphatic rings. The largest absolute Gasteiger partial charge is 0.486 e. The molecule has 0 bridgehead atoms. The molecular weight excluding hydrogens is 320 g/mol. The summed E-state index contributed by atoms with van der Waals surface area (Å²) in [6.45, 7) is 6.27. The van der Waals surface area contributed by atoms with Gasteiger partial charge in [-0.05, 0) is 44.0 Å². The Morgan fingerprint density at radius 1 is 1.24 bits per heavy atom. The number of morpholine rings is 1. The van der Waals surface area contributed by atoms with Crippen LogP contribution in [0.3, 0.4) is 0 Å². The van der Waals surface area contributed by atoms with Crippen molar-refractivity contribution >= 4 is 11.7 Å². The van der Waals surface area contributed by atoms with Crippen LogP contribution < -0.4 is 10.1 Å². The van der Waals surface area contributed by atoms with Crippen molar-refractivity contribution in [2.75, 3.05) is 39.5 Å². The minimum absolute atomic E-state index is 0.0673. The fourth-order valence-electron chi connectivity index (χ4n) is 2.90. The standard InChI is InChI=1S/C19H26N2O4/c1-14(12-21-8-10-24-11-9-21)20-19(23)16-4-6-17(7-5-16)25-13-18(22)15-2-3-15/h4-7,14-15H,2-3,8-13H2,1H3,(H,20,23). The molecule has 3 rings (SSSR count). The first kappa shape index (κ1) is 17.9. The Morgan fingerprint density at radius 2 is 1.92 bits per heavy atom. The second-order valence-electron chi connectivity index (χ2n) is 6.84. The second kappa shape index (κ2) is 8.45. The van der Waals surface area contributed by atoms with Crippen LogP contribution in [0.25, 0.3) is 0 Å². The first-order chi connectivity index (χ1) is 12.1. The van der Waals surface area contributed by atoms with Gasteiger partial charge in [-0.1, -0.05) is 0 Å². The molecular formula is C19H26N2O4. The van der Waals surface area contributed by atoms with E-state index >= 15 is 0 Å². The summed E-state index contributed by atoms with van der Waals surface area (Å²) in [6.07, 6.45) is 1.98. The number of benzene rings is 1. The maximum atomic E-state index is 12.3. The molecule has 1 unspecified atom stereocenters. The van der Waals surface area contributed by atoms with Crippen molar-refractivity contribution in [1.29, 1.82) is 0 Å². The predicted octanol–water partition coefficient (Wildman–Crippen LogP) is 1.49. The number of Topliss-reactive ketones (excluding diaryl/α,β-unsaturated/α-hetero) is 1. The Labute approximate surface area is 148 Å². The van der Waals surface area contributed by atoms with Gasteiger partial charge in [-0.25, -0.2) is 0 Å². The topological polar surface area (TPSA) is 67.9 Å². The van der Waals surface area contributed by atoms with E-state index in [4.69, 9.17) is 9.47 Å². The Kier molecular flexibility index (Phi) is 6.04. The molecule has 0 spiro atoms. The smallest absolute Gasteiger partial charge is 0.251 e. The second-order valence-corrected chi connectivity index (χ2v) is 6.84. The molecule has 1 aromatic rings. The summed E-state index contributed by atoms with van der Waals surface area (Å²) in [5, 5.41) is 3.02. The van der Waals surface area contributed by atoms with Crippen molar-refractivity contribution in [3.8, 4) is 5.75 Å². The van der Waals surface area contributed by atoms with Gasteiger partial charge >= 0.3 is 0 Å². The van der Waals surface area contributed by atoms with Crippen LogP contribution in [0.2, 0.25) is 0 Å². The summed E-state index contributed by atoms with van der Waals surface area (Å²) in [4.78, 5) is 26.3. The summed E-state index contributed by atoms with van der Waals surface area (Å²) < 4.78 is 10.8. The van der Waals surface area contributed by atoms with Gasteiger partial charge in [0.15, 0.2) is 5.78 Å². The van der Waals surface area contributed by atoms with Crippen molar-refractivity contribution in [1.82, 2.24) is 10.2 Å². The molecule has 1 amide bonds. The zero-order chi connectivity index (χ0) is 17.6. The van der Waals surface area contributed by atoms with E-state index in [2.05, 4.69) is 10.2 Å². The Bertz CT molecular complexity index is 592. The maximum Gasteiger partial charge on any atom is 0.251 e. The van der Waals surface area contributed by atoms with E-state index in [1.54, 1.807) is 24.3 Å². The van der Waals surface area contributed by atoms with Crippen LogP contribution in [0.5, 0.6) is 5.75 Å². The van der Waals surface area contributed by atoms with Gasteiger partial charge in [0.2, 0.25) is 0 Å². The van der Waals surface area contributed by atoms with E-state index in [-0.39, 0.29) is 30.3 Å². The van der Waals surface area contributed by atoms with Crippen LogP contribution in [-0.4, -0.2) is 62.1 Å². The molecule has 1 N–H and O–H groups in total. The fourth-order valence-corrected chi connectivity index (χ4v) is 2.90. The van der Waals surface area contributed by atoms with Crippen molar-refractivity contribution in [2.24, 2.45) is 5.92 Å². The minimum Gasteiger partial charge on any atom is -0.486 e. The van der Waals surface area contributed by atoms with Crippen LogP contribution in [0.15, 0.2) is 24.3 Å². The van der Waals surface area contributed by atoms with E-state index in [9.17, 15) is 9.59 Å². The zero-order valence-corrected chi connectivity index (χ0v) is 14.7. The van der Waals surface area contributed by atoms with E-state index in [0.717, 1.165) is 45.7 Å². The average Bonchev–Trinajstić information content (AvgIpc) is 3.46. The third-order valence-electron chi connectivity index (χ3n) is 4.54. The van der Waals surface area contributed by atoms with Crippen LogP contribution >= 0.6 is 0 Å². The van der Waals surface area contributed by atoms with Gasteiger partial charge in [0, 0.05) is 37.2 Å². The van der Waals surface area contributed by atoms with Gasteiger partial charge in [-0.2, -0.15) is 0 Å². The van der Waals surface area contributed by atoms with Crippen LogP contribution in [0.1, 0.15) is 30.1 Å². The molecule has 1 saturated carbocycles. The van der Waals surface area contributed by atoms with Gasteiger partial charge in [0.1, 0.15) is 12.4 Å². The molecule has 1 aliphatic heterocycles. The summed E-state index contributed by atoms with van der Waals surface area (Å²) in [5.41, 5.74) is 0.592. The van der Waals surface area contributed by atoms with E-state index in [0.29, 0.717) is 11.3 Å². The van der Waals surface area contributed by atoms with Crippen LogP contribution in [0, 0.1) is 5.92 Å². The molecule has 0 aromatic heterocycles. The monoisotopic (exact) mass is 346 g/mol. The first-order valence-electron chi connectivity index (χ1n) is 8.98. The molecule has 1 heterocycles. The number of carbonyl (C=O) groups is 2. The summed E-state index contributed by atoms with van der Waals surface area (Å²) >= 11 is 0. The summed E-state index contributed by atoms with van der Waals surface area (Å²) in [5.74, 6) is 0.894. The summed E-state index contributed by atoms with van der Waals surface area (Å²) in [7, 11) is 0. The lowest BCUT2D eigenvalue weighted by Gasteiger charge is -2.29. The van der Waals surface area contributed by atoms with Gasteiger partial charge in [-0.15, -0.1) is 0 Å². The fraction of sp³-hybridized carbons (Fsp3) is 0.579. The maximum absolute atomic E-state index is 12.3. The predicted molar refractivity (Wildman–Crippen MR) is 93.9 cm³/mol. The molecule has 1 saturated heterocycles. The number of amides is 1. The van der Waals surface area contributed by atoms with Crippen LogP contribution in [-0.2, 0) is 9.53 Å². The zero-order valence-electron chi connectivity index (χ0n) is 14.7. The molecule has 136 valence electrons. The van der Waals surface area contributed by atoms with Gasteiger partial charge in [0.25, 0.3) is 5.91 Å². The summed E-state index contributed by atoms with van der Waals surface area (Å²) in [6, 6.07) is 7.00. The quantitative estimate of drug-likeness (QED) is 0.772. The molecule has 0 radical (unpaired) electrons. The number of carbonyl (C=O) groups excluding carboxylic acids is 2. The van der Waals surface area contributed by atoms with Crippen molar-refractivity contribution < 1.29 is 19.1 Å².